The highest BCUT2D eigenvalue weighted by atomic mass is 79.9. The van der Waals surface area contributed by atoms with Crippen LogP contribution in [0.5, 0.6) is 0 Å². The van der Waals surface area contributed by atoms with Gasteiger partial charge in [0.2, 0.25) is 0 Å². The fourth-order valence-electron chi connectivity index (χ4n) is 2.65. The van der Waals surface area contributed by atoms with Crippen LogP contribution < -0.4 is 5.32 Å². The molecule has 1 atom stereocenters. The number of amides is 1. The van der Waals surface area contributed by atoms with Crippen LogP contribution >= 0.6 is 27.5 Å². The van der Waals surface area contributed by atoms with E-state index in [0.29, 0.717) is 20.8 Å². The van der Waals surface area contributed by atoms with Crippen molar-refractivity contribution in [2.45, 2.75) is 18.9 Å². The van der Waals surface area contributed by atoms with Gasteiger partial charge in [0.05, 0.1) is 27.2 Å². The largest absolute Gasteiger partial charge is 0.344 e. The molecule has 0 spiro atoms. The standard InChI is InChI=1S/C16H11BrClN3O/c17-13-6-11(18)8-20-15(13)16(22)21-14-4-2-10-5-9(7-19)1-3-12(10)14/h1,3,5-6,8,14H,2,4H2,(H,21,22)/t14-/m1/s1. The number of pyridine rings is 1. The fraction of sp³-hybridized carbons (Fsp3) is 0.188. The first-order valence-corrected chi connectivity index (χ1v) is 7.90. The zero-order chi connectivity index (χ0) is 15.7. The van der Waals surface area contributed by atoms with Crippen LogP contribution in [-0.2, 0) is 6.42 Å². The maximum absolute atomic E-state index is 12.4. The van der Waals surface area contributed by atoms with Crippen LogP contribution in [0.3, 0.4) is 0 Å². The molecular weight excluding hydrogens is 366 g/mol. The number of benzene rings is 1. The molecule has 1 aromatic carbocycles. The zero-order valence-corrected chi connectivity index (χ0v) is 13.8. The van der Waals surface area contributed by atoms with Gasteiger partial charge in [0.1, 0.15) is 5.69 Å². The minimum absolute atomic E-state index is 0.0559. The third-order valence-corrected chi connectivity index (χ3v) is 4.49. The normalized spacial score (nSPS) is 16.0. The number of carbonyl (C=O) groups excluding carboxylic acids is 1. The maximum atomic E-state index is 12.4. The number of hydrogen-bond acceptors (Lipinski definition) is 3. The smallest absolute Gasteiger partial charge is 0.271 e. The highest BCUT2D eigenvalue weighted by Gasteiger charge is 2.25. The van der Waals surface area contributed by atoms with Crippen molar-refractivity contribution in [3.8, 4) is 6.07 Å². The number of aryl methyl sites for hydroxylation is 1. The molecule has 1 amide bonds. The van der Waals surface area contributed by atoms with E-state index in [4.69, 9.17) is 16.9 Å². The fourth-order valence-corrected chi connectivity index (χ4v) is 3.46. The topological polar surface area (TPSA) is 65.8 Å². The summed E-state index contributed by atoms with van der Waals surface area (Å²) in [4.78, 5) is 16.4. The van der Waals surface area contributed by atoms with Crippen molar-refractivity contribution in [3.05, 3.63) is 62.3 Å². The van der Waals surface area contributed by atoms with Crippen molar-refractivity contribution in [3.63, 3.8) is 0 Å². The van der Waals surface area contributed by atoms with E-state index in [2.05, 4.69) is 32.3 Å². The molecule has 0 radical (unpaired) electrons. The number of nitriles is 1. The number of hydrogen-bond donors (Lipinski definition) is 1. The van der Waals surface area contributed by atoms with Crippen LogP contribution in [-0.4, -0.2) is 10.9 Å². The lowest BCUT2D eigenvalue weighted by Crippen LogP contribution is -2.28. The van der Waals surface area contributed by atoms with Crippen LogP contribution in [0, 0.1) is 11.3 Å². The number of rotatable bonds is 2. The highest BCUT2D eigenvalue weighted by molar-refractivity contribution is 9.10. The molecule has 1 N–H and O–H groups in total. The molecule has 0 bridgehead atoms. The highest BCUT2D eigenvalue weighted by Crippen LogP contribution is 2.32. The molecule has 4 nitrogen and oxygen atoms in total. The molecule has 1 heterocycles. The van der Waals surface area contributed by atoms with Crippen molar-refractivity contribution >= 4 is 33.4 Å². The summed E-state index contributed by atoms with van der Waals surface area (Å²) in [6.07, 6.45) is 3.12. The minimum atomic E-state index is -0.245. The van der Waals surface area contributed by atoms with Crippen LogP contribution in [0.15, 0.2) is 34.9 Å². The molecule has 0 saturated carbocycles. The van der Waals surface area contributed by atoms with Gasteiger partial charge in [-0.3, -0.25) is 4.79 Å². The second kappa shape index (κ2) is 6.07. The Labute approximate surface area is 141 Å². The molecule has 3 rings (SSSR count). The summed E-state index contributed by atoms with van der Waals surface area (Å²) < 4.78 is 0.565. The molecule has 0 fully saturated rings. The Morgan fingerprint density at radius 3 is 3.00 bits per heavy atom. The van der Waals surface area contributed by atoms with Gasteiger partial charge in [-0.2, -0.15) is 5.26 Å². The number of nitrogens with one attached hydrogen (secondary N) is 1. The molecule has 2 aromatic rings. The van der Waals surface area contributed by atoms with Gasteiger partial charge < -0.3 is 5.32 Å². The summed E-state index contributed by atoms with van der Waals surface area (Å²) in [7, 11) is 0. The predicted molar refractivity (Wildman–Crippen MR) is 86.6 cm³/mol. The molecular formula is C16H11BrClN3O. The van der Waals surface area contributed by atoms with Crippen molar-refractivity contribution in [1.29, 1.82) is 5.26 Å². The zero-order valence-electron chi connectivity index (χ0n) is 11.4. The second-order valence-corrected chi connectivity index (χ2v) is 6.36. The van der Waals surface area contributed by atoms with Crippen molar-refractivity contribution in [2.75, 3.05) is 0 Å². The van der Waals surface area contributed by atoms with Gasteiger partial charge in [0.25, 0.3) is 5.91 Å². The summed E-state index contributed by atoms with van der Waals surface area (Å²) in [6, 6.07) is 9.30. The van der Waals surface area contributed by atoms with E-state index >= 15 is 0 Å². The SMILES string of the molecule is N#Cc1ccc2c(c1)CC[C@H]2NC(=O)c1ncc(Cl)cc1Br. The van der Waals surface area contributed by atoms with E-state index in [1.54, 1.807) is 12.1 Å². The Hall–Kier alpha value is -1.90. The lowest BCUT2D eigenvalue weighted by molar-refractivity contribution is 0.0931. The molecule has 6 heteroatoms. The molecule has 1 aliphatic rings. The van der Waals surface area contributed by atoms with Crippen LogP contribution in [0.25, 0.3) is 0 Å². The van der Waals surface area contributed by atoms with Gasteiger partial charge >= 0.3 is 0 Å². The van der Waals surface area contributed by atoms with Gasteiger partial charge in [0, 0.05) is 6.20 Å². The van der Waals surface area contributed by atoms with Crippen molar-refractivity contribution < 1.29 is 4.79 Å². The Morgan fingerprint density at radius 2 is 2.27 bits per heavy atom. The molecule has 110 valence electrons. The number of fused-ring (bicyclic) bond motifs is 1. The molecule has 0 saturated heterocycles. The Bertz CT molecular complexity index is 800. The molecule has 1 aromatic heterocycles. The predicted octanol–water partition coefficient (Wildman–Crippen LogP) is 3.79. The first kappa shape index (κ1) is 15.0. The number of halogens is 2. The second-order valence-electron chi connectivity index (χ2n) is 5.07. The lowest BCUT2D eigenvalue weighted by Gasteiger charge is -2.14. The van der Waals surface area contributed by atoms with Gasteiger partial charge in [-0.15, -0.1) is 0 Å². The van der Waals surface area contributed by atoms with E-state index in [0.717, 1.165) is 24.0 Å². The monoisotopic (exact) mass is 375 g/mol. The Kier molecular flexibility index (Phi) is 4.14. The first-order valence-electron chi connectivity index (χ1n) is 6.73. The summed E-state index contributed by atoms with van der Waals surface area (Å²) in [5, 5.41) is 12.4. The number of aromatic nitrogens is 1. The third kappa shape index (κ3) is 2.85. The molecule has 0 unspecified atom stereocenters. The maximum Gasteiger partial charge on any atom is 0.271 e. The van der Waals surface area contributed by atoms with Gasteiger partial charge in [-0.25, -0.2) is 4.98 Å². The van der Waals surface area contributed by atoms with Gasteiger partial charge in [0.15, 0.2) is 0 Å². The summed E-state index contributed by atoms with van der Waals surface area (Å²) in [5.74, 6) is -0.245. The Morgan fingerprint density at radius 1 is 1.45 bits per heavy atom. The first-order chi connectivity index (χ1) is 10.6. The third-order valence-electron chi connectivity index (χ3n) is 3.68. The summed E-state index contributed by atoms with van der Waals surface area (Å²) in [6.45, 7) is 0. The average molecular weight is 377 g/mol. The Balaban J connectivity index is 1.81. The average Bonchev–Trinajstić information content (AvgIpc) is 2.89. The summed E-state index contributed by atoms with van der Waals surface area (Å²) >= 11 is 9.14. The summed E-state index contributed by atoms with van der Waals surface area (Å²) in [5.41, 5.74) is 3.14. The molecule has 0 aliphatic heterocycles. The van der Waals surface area contributed by atoms with Crippen LogP contribution in [0.1, 0.15) is 39.6 Å². The van der Waals surface area contributed by atoms with Crippen LogP contribution in [0.2, 0.25) is 5.02 Å². The minimum Gasteiger partial charge on any atom is -0.344 e. The van der Waals surface area contributed by atoms with E-state index in [-0.39, 0.29) is 11.9 Å². The molecule has 1 aliphatic carbocycles. The van der Waals surface area contributed by atoms with Crippen LogP contribution in [0.4, 0.5) is 0 Å². The van der Waals surface area contributed by atoms with E-state index in [1.807, 2.05) is 12.1 Å². The van der Waals surface area contributed by atoms with Gasteiger partial charge in [-0.1, -0.05) is 17.7 Å². The van der Waals surface area contributed by atoms with Crippen molar-refractivity contribution in [1.82, 2.24) is 10.3 Å². The number of carbonyl (C=O) groups is 1. The van der Waals surface area contributed by atoms with E-state index in [9.17, 15) is 4.79 Å². The van der Waals surface area contributed by atoms with Gasteiger partial charge in [-0.05, 0) is 58.1 Å². The molecule has 22 heavy (non-hydrogen) atoms. The number of nitrogens with zero attached hydrogens (tertiary/aromatic N) is 2. The van der Waals surface area contributed by atoms with Crippen molar-refractivity contribution in [2.24, 2.45) is 0 Å². The van der Waals surface area contributed by atoms with E-state index < -0.39 is 0 Å². The quantitative estimate of drug-likeness (QED) is 0.867. The van der Waals surface area contributed by atoms with E-state index in [1.165, 1.54) is 6.20 Å². The lowest BCUT2D eigenvalue weighted by atomic mass is 10.1.